The van der Waals surface area contributed by atoms with Gasteiger partial charge in [-0.3, -0.25) is 0 Å². The standard InChI is InChI=1S/C28H24ClN3O5/c1-36-26-15-18(5-13-24(26)33)3-9-22-17-23(12-4-19-6-14-25(34)27(16-19)37-2)32(31-22)28(35)30-21-10-7-20(29)8-11-21/h3-17,33-34H,1-2H3,(H,30,35)/b9-3+,12-4+. The fraction of sp³-hybridized carbons (Fsp3) is 0.0714. The molecule has 0 unspecified atom stereocenters. The molecule has 3 N–H and O–H groups in total. The van der Waals surface area contributed by atoms with Crippen LogP contribution in [0.5, 0.6) is 23.0 Å². The molecule has 1 aromatic heterocycles. The number of aromatic hydroxyl groups is 2. The van der Waals surface area contributed by atoms with E-state index in [9.17, 15) is 15.0 Å². The van der Waals surface area contributed by atoms with Crippen molar-refractivity contribution in [3.05, 3.63) is 94.3 Å². The Morgan fingerprint density at radius 3 is 1.97 bits per heavy atom. The molecule has 4 aromatic rings. The molecule has 1 amide bonds. The first-order valence-electron chi connectivity index (χ1n) is 11.1. The molecule has 9 heteroatoms. The van der Waals surface area contributed by atoms with E-state index >= 15 is 0 Å². The molecule has 0 aliphatic rings. The number of hydrogen-bond acceptors (Lipinski definition) is 6. The van der Waals surface area contributed by atoms with Crippen molar-refractivity contribution in [3.8, 4) is 23.0 Å². The Balaban J connectivity index is 1.66. The maximum Gasteiger partial charge on any atom is 0.347 e. The van der Waals surface area contributed by atoms with Crippen LogP contribution in [-0.2, 0) is 0 Å². The zero-order chi connectivity index (χ0) is 26.4. The quantitative estimate of drug-likeness (QED) is 0.262. The lowest BCUT2D eigenvalue weighted by Gasteiger charge is -2.07. The van der Waals surface area contributed by atoms with E-state index in [1.807, 2.05) is 0 Å². The Hall–Kier alpha value is -4.69. The van der Waals surface area contributed by atoms with Crippen molar-refractivity contribution in [2.75, 3.05) is 19.5 Å². The van der Waals surface area contributed by atoms with Gasteiger partial charge in [-0.25, -0.2) is 4.79 Å². The minimum atomic E-state index is -0.462. The summed E-state index contributed by atoms with van der Waals surface area (Å²) in [6.45, 7) is 0. The monoisotopic (exact) mass is 517 g/mol. The molecule has 0 atom stereocenters. The largest absolute Gasteiger partial charge is 0.504 e. The molecule has 0 bridgehead atoms. The van der Waals surface area contributed by atoms with E-state index in [0.29, 0.717) is 33.6 Å². The van der Waals surface area contributed by atoms with E-state index in [1.165, 1.54) is 31.0 Å². The van der Waals surface area contributed by atoms with Crippen LogP contribution in [0.25, 0.3) is 24.3 Å². The lowest BCUT2D eigenvalue weighted by Crippen LogP contribution is -2.21. The zero-order valence-corrected chi connectivity index (χ0v) is 20.8. The van der Waals surface area contributed by atoms with Crippen LogP contribution in [0.1, 0.15) is 22.5 Å². The number of anilines is 1. The Morgan fingerprint density at radius 1 is 0.838 bits per heavy atom. The lowest BCUT2D eigenvalue weighted by molar-refractivity contribution is 0.250. The van der Waals surface area contributed by atoms with Crippen molar-refractivity contribution in [1.82, 2.24) is 9.78 Å². The number of carbonyl (C=O) groups is 1. The maximum absolute atomic E-state index is 13.1. The molecule has 37 heavy (non-hydrogen) atoms. The van der Waals surface area contributed by atoms with Gasteiger partial charge in [-0.2, -0.15) is 9.78 Å². The third-order valence-electron chi connectivity index (χ3n) is 5.34. The number of ether oxygens (including phenoxy) is 2. The first-order valence-corrected chi connectivity index (χ1v) is 11.5. The minimum Gasteiger partial charge on any atom is -0.504 e. The number of aromatic nitrogens is 2. The number of nitrogens with one attached hydrogen (secondary N) is 1. The van der Waals surface area contributed by atoms with Gasteiger partial charge < -0.3 is 25.0 Å². The normalized spacial score (nSPS) is 11.2. The van der Waals surface area contributed by atoms with Crippen molar-refractivity contribution in [1.29, 1.82) is 0 Å². The predicted molar refractivity (Wildman–Crippen MR) is 145 cm³/mol. The van der Waals surface area contributed by atoms with Gasteiger partial charge >= 0.3 is 6.03 Å². The predicted octanol–water partition coefficient (Wildman–Crippen LogP) is 6.39. The molecule has 3 aromatic carbocycles. The van der Waals surface area contributed by atoms with Gasteiger partial charge in [0.25, 0.3) is 0 Å². The average molecular weight is 518 g/mol. The number of phenols is 2. The van der Waals surface area contributed by atoms with E-state index in [2.05, 4.69) is 10.4 Å². The summed E-state index contributed by atoms with van der Waals surface area (Å²) in [5.41, 5.74) is 3.15. The van der Waals surface area contributed by atoms with Gasteiger partial charge in [-0.05, 0) is 77.9 Å². The Bertz CT molecular complexity index is 1480. The van der Waals surface area contributed by atoms with E-state index in [-0.39, 0.29) is 11.5 Å². The number of phenolic OH excluding ortho intramolecular Hbond substituents is 2. The third kappa shape index (κ3) is 6.31. The van der Waals surface area contributed by atoms with Crippen molar-refractivity contribution < 1.29 is 24.5 Å². The highest BCUT2D eigenvalue weighted by Crippen LogP contribution is 2.28. The maximum atomic E-state index is 13.1. The fourth-order valence-electron chi connectivity index (χ4n) is 3.45. The summed E-state index contributed by atoms with van der Waals surface area (Å²) in [4.78, 5) is 13.1. The molecule has 4 rings (SSSR count). The van der Waals surface area contributed by atoms with E-state index in [1.54, 1.807) is 78.9 Å². The van der Waals surface area contributed by atoms with Crippen LogP contribution in [0.4, 0.5) is 10.5 Å². The van der Waals surface area contributed by atoms with Crippen LogP contribution in [0, 0.1) is 0 Å². The Morgan fingerprint density at radius 2 is 1.41 bits per heavy atom. The number of halogens is 1. The summed E-state index contributed by atoms with van der Waals surface area (Å²) in [5.74, 6) is 0.762. The number of rotatable bonds is 7. The highest BCUT2D eigenvalue weighted by atomic mass is 35.5. The number of hydrogen-bond donors (Lipinski definition) is 3. The molecule has 188 valence electrons. The SMILES string of the molecule is COc1cc(/C=C/c2cc(/C=C/c3ccc(O)c(OC)c3)n(C(=O)Nc3ccc(Cl)cc3)n2)ccc1O. The second-order valence-electron chi connectivity index (χ2n) is 7.87. The van der Waals surface area contributed by atoms with Crippen LogP contribution < -0.4 is 14.8 Å². The summed E-state index contributed by atoms with van der Waals surface area (Å²) in [6, 6.07) is 17.9. The summed E-state index contributed by atoms with van der Waals surface area (Å²) < 4.78 is 11.6. The van der Waals surface area contributed by atoms with Gasteiger partial charge in [0, 0.05) is 10.7 Å². The molecule has 0 radical (unpaired) electrons. The fourth-order valence-corrected chi connectivity index (χ4v) is 3.57. The first-order chi connectivity index (χ1) is 17.9. The van der Waals surface area contributed by atoms with Gasteiger partial charge in [0.1, 0.15) is 0 Å². The van der Waals surface area contributed by atoms with E-state index in [4.69, 9.17) is 21.1 Å². The molecular formula is C28H24ClN3O5. The van der Waals surface area contributed by atoms with Crippen LogP contribution in [-0.4, -0.2) is 40.2 Å². The average Bonchev–Trinajstić information content (AvgIpc) is 3.32. The molecule has 8 nitrogen and oxygen atoms in total. The van der Waals surface area contributed by atoms with Gasteiger partial charge in [-0.15, -0.1) is 0 Å². The number of methoxy groups -OCH3 is 2. The summed E-state index contributed by atoms with van der Waals surface area (Å²) in [6.07, 6.45) is 7.06. The first kappa shape index (κ1) is 25.4. The van der Waals surface area contributed by atoms with Gasteiger partial charge in [-0.1, -0.05) is 35.9 Å². The zero-order valence-electron chi connectivity index (χ0n) is 20.1. The van der Waals surface area contributed by atoms with Crippen LogP contribution in [0.3, 0.4) is 0 Å². The number of nitrogens with zero attached hydrogens (tertiary/aromatic N) is 2. The molecule has 0 saturated carbocycles. The molecule has 0 aliphatic heterocycles. The second-order valence-corrected chi connectivity index (χ2v) is 8.31. The Labute approximate surface area is 218 Å². The van der Waals surface area contributed by atoms with Crippen LogP contribution >= 0.6 is 11.6 Å². The van der Waals surface area contributed by atoms with Crippen molar-refractivity contribution in [2.45, 2.75) is 0 Å². The molecular weight excluding hydrogens is 494 g/mol. The van der Waals surface area contributed by atoms with Crippen molar-refractivity contribution in [3.63, 3.8) is 0 Å². The molecule has 1 heterocycles. The highest BCUT2D eigenvalue weighted by Gasteiger charge is 2.13. The summed E-state index contributed by atoms with van der Waals surface area (Å²) >= 11 is 5.94. The summed E-state index contributed by atoms with van der Waals surface area (Å²) in [7, 11) is 2.95. The second kappa shape index (κ2) is 11.4. The third-order valence-corrected chi connectivity index (χ3v) is 5.60. The molecule has 0 saturated heterocycles. The van der Waals surface area contributed by atoms with Gasteiger partial charge in [0.15, 0.2) is 23.0 Å². The molecule has 0 aliphatic carbocycles. The number of benzene rings is 3. The molecule has 0 spiro atoms. The smallest absolute Gasteiger partial charge is 0.347 e. The van der Waals surface area contributed by atoms with Crippen LogP contribution in [0.15, 0.2) is 66.7 Å². The number of carbonyl (C=O) groups excluding carboxylic acids is 1. The van der Waals surface area contributed by atoms with Crippen LogP contribution in [0.2, 0.25) is 5.02 Å². The highest BCUT2D eigenvalue weighted by molar-refractivity contribution is 6.30. The van der Waals surface area contributed by atoms with Gasteiger partial charge in [0.05, 0.1) is 25.6 Å². The summed E-state index contributed by atoms with van der Waals surface area (Å²) in [5, 5.41) is 27.5. The number of amides is 1. The lowest BCUT2D eigenvalue weighted by atomic mass is 10.1. The van der Waals surface area contributed by atoms with E-state index < -0.39 is 6.03 Å². The molecule has 0 fully saturated rings. The van der Waals surface area contributed by atoms with Crippen molar-refractivity contribution >= 4 is 47.6 Å². The van der Waals surface area contributed by atoms with Crippen molar-refractivity contribution in [2.24, 2.45) is 0 Å². The Kier molecular flexibility index (Phi) is 7.80. The van der Waals surface area contributed by atoms with Gasteiger partial charge in [0.2, 0.25) is 0 Å². The van der Waals surface area contributed by atoms with E-state index in [0.717, 1.165) is 11.1 Å². The minimum absolute atomic E-state index is 0.0327. The topological polar surface area (TPSA) is 106 Å².